The van der Waals surface area contributed by atoms with Gasteiger partial charge in [0.05, 0.1) is 25.0 Å². The maximum absolute atomic E-state index is 14.3. The Morgan fingerprint density at radius 1 is 1.10 bits per heavy atom. The standard InChI is InChI=1S/C33H39N3O5/c1-19-8-5-11-23(16-19)34-30(37)27-26-14-15-33(41-26)28(27)32(39)36(18-22-10-7-12-24(17-22)40-4)29(33)31(38)35-25-13-6-9-20(2)21(25)3/h5,7-8,10-12,14-17,20-21,25-29H,6,9,13,18H2,1-4H3,(H,34,37)(H,35,38). The first kappa shape index (κ1) is 27.5. The van der Waals surface area contributed by atoms with E-state index < -0.39 is 29.6 Å². The third kappa shape index (κ3) is 4.72. The Labute approximate surface area is 241 Å². The van der Waals surface area contributed by atoms with Crippen LogP contribution in [-0.4, -0.2) is 53.5 Å². The summed E-state index contributed by atoms with van der Waals surface area (Å²) in [4.78, 5) is 43.8. The van der Waals surface area contributed by atoms with Crippen LogP contribution in [0.5, 0.6) is 5.75 Å². The Bertz CT molecular complexity index is 1390. The van der Waals surface area contributed by atoms with Gasteiger partial charge in [0.15, 0.2) is 0 Å². The topological polar surface area (TPSA) is 97.0 Å². The second kappa shape index (κ2) is 10.6. The zero-order valence-corrected chi connectivity index (χ0v) is 24.1. The van der Waals surface area contributed by atoms with Crippen LogP contribution in [0.15, 0.2) is 60.7 Å². The van der Waals surface area contributed by atoms with Crippen LogP contribution in [0.2, 0.25) is 0 Å². The first-order valence-electron chi connectivity index (χ1n) is 14.7. The van der Waals surface area contributed by atoms with Gasteiger partial charge in [-0.05, 0) is 60.6 Å². The molecule has 8 atom stereocenters. The number of anilines is 1. The lowest BCUT2D eigenvalue weighted by Gasteiger charge is -2.38. The highest BCUT2D eigenvalue weighted by atomic mass is 16.5. The Morgan fingerprint density at radius 2 is 1.90 bits per heavy atom. The van der Waals surface area contributed by atoms with Crippen molar-refractivity contribution in [3.63, 3.8) is 0 Å². The van der Waals surface area contributed by atoms with Gasteiger partial charge in [-0.15, -0.1) is 0 Å². The van der Waals surface area contributed by atoms with E-state index in [1.54, 1.807) is 12.0 Å². The molecule has 2 bridgehead atoms. The first-order valence-corrected chi connectivity index (χ1v) is 14.7. The van der Waals surface area contributed by atoms with E-state index >= 15 is 0 Å². The van der Waals surface area contributed by atoms with Crippen LogP contribution in [0, 0.1) is 30.6 Å². The molecule has 1 aliphatic carbocycles. The van der Waals surface area contributed by atoms with Crippen molar-refractivity contribution in [1.82, 2.24) is 10.2 Å². The number of nitrogens with one attached hydrogen (secondary N) is 2. The van der Waals surface area contributed by atoms with Crippen molar-refractivity contribution in [3.05, 3.63) is 71.8 Å². The number of likely N-dealkylation sites (tertiary alicyclic amines) is 1. The number of hydrogen-bond acceptors (Lipinski definition) is 5. The monoisotopic (exact) mass is 557 g/mol. The number of fused-ring (bicyclic) bond motifs is 1. The fourth-order valence-corrected chi connectivity index (χ4v) is 7.40. The molecule has 8 unspecified atom stereocenters. The molecule has 6 rings (SSSR count). The van der Waals surface area contributed by atoms with E-state index in [0.717, 1.165) is 30.4 Å². The number of aryl methyl sites for hydroxylation is 1. The van der Waals surface area contributed by atoms with Gasteiger partial charge in [-0.3, -0.25) is 14.4 Å². The van der Waals surface area contributed by atoms with Gasteiger partial charge in [0.2, 0.25) is 17.7 Å². The molecule has 3 heterocycles. The molecule has 2 aromatic carbocycles. The van der Waals surface area contributed by atoms with Crippen LogP contribution in [0.25, 0.3) is 0 Å². The molecule has 0 radical (unpaired) electrons. The Kier molecular flexibility index (Phi) is 7.14. The lowest BCUT2D eigenvalue weighted by atomic mass is 9.73. The van der Waals surface area contributed by atoms with Gasteiger partial charge in [0.1, 0.15) is 17.4 Å². The second-order valence-corrected chi connectivity index (χ2v) is 12.3. The van der Waals surface area contributed by atoms with E-state index in [4.69, 9.17) is 9.47 Å². The zero-order valence-electron chi connectivity index (χ0n) is 24.1. The maximum Gasteiger partial charge on any atom is 0.246 e. The third-order valence-electron chi connectivity index (χ3n) is 9.73. The minimum atomic E-state index is -1.21. The number of amides is 3. The molecular formula is C33H39N3O5. The quantitative estimate of drug-likeness (QED) is 0.497. The molecule has 8 heteroatoms. The summed E-state index contributed by atoms with van der Waals surface area (Å²) < 4.78 is 11.9. The number of ether oxygens (including phenoxy) is 2. The normalized spacial score (nSPS) is 33.5. The summed E-state index contributed by atoms with van der Waals surface area (Å²) in [6.07, 6.45) is 6.25. The molecule has 4 aliphatic rings. The summed E-state index contributed by atoms with van der Waals surface area (Å²) in [5.41, 5.74) is 1.32. The van der Waals surface area contributed by atoms with E-state index in [0.29, 0.717) is 23.3 Å². The van der Waals surface area contributed by atoms with Crippen LogP contribution in [0.4, 0.5) is 5.69 Å². The highest BCUT2D eigenvalue weighted by Gasteiger charge is 2.72. The van der Waals surface area contributed by atoms with Gasteiger partial charge in [-0.25, -0.2) is 0 Å². The molecule has 0 aromatic heterocycles. The molecular weight excluding hydrogens is 518 g/mol. The smallest absolute Gasteiger partial charge is 0.246 e. The third-order valence-corrected chi connectivity index (χ3v) is 9.73. The fourth-order valence-electron chi connectivity index (χ4n) is 7.40. The summed E-state index contributed by atoms with van der Waals surface area (Å²) >= 11 is 0. The maximum atomic E-state index is 14.3. The molecule has 2 saturated heterocycles. The Hall–Kier alpha value is -3.65. The van der Waals surface area contributed by atoms with Crippen molar-refractivity contribution >= 4 is 23.4 Å². The Balaban J connectivity index is 1.34. The molecule has 3 aliphatic heterocycles. The molecule has 41 heavy (non-hydrogen) atoms. The second-order valence-electron chi connectivity index (χ2n) is 12.3. The molecule has 3 amide bonds. The number of rotatable bonds is 7. The minimum Gasteiger partial charge on any atom is -0.497 e. The van der Waals surface area contributed by atoms with E-state index in [9.17, 15) is 14.4 Å². The van der Waals surface area contributed by atoms with Gasteiger partial charge in [0, 0.05) is 18.3 Å². The van der Waals surface area contributed by atoms with Gasteiger partial charge >= 0.3 is 0 Å². The van der Waals surface area contributed by atoms with Gasteiger partial charge in [-0.2, -0.15) is 0 Å². The van der Waals surface area contributed by atoms with Crippen molar-refractivity contribution in [2.75, 3.05) is 12.4 Å². The predicted octanol–water partition coefficient (Wildman–Crippen LogP) is 4.23. The predicted molar refractivity (Wildman–Crippen MR) is 155 cm³/mol. The van der Waals surface area contributed by atoms with Crippen LogP contribution in [0.1, 0.15) is 44.2 Å². The number of hydrogen-bond donors (Lipinski definition) is 2. The van der Waals surface area contributed by atoms with Crippen LogP contribution in [0.3, 0.4) is 0 Å². The molecule has 2 aromatic rings. The summed E-state index contributed by atoms with van der Waals surface area (Å²) in [6.45, 7) is 6.58. The first-order chi connectivity index (χ1) is 19.7. The number of carbonyl (C=O) groups is 3. The number of nitrogens with zero attached hydrogens (tertiary/aromatic N) is 1. The van der Waals surface area contributed by atoms with E-state index in [1.165, 1.54) is 0 Å². The van der Waals surface area contributed by atoms with E-state index in [2.05, 4.69) is 24.5 Å². The highest BCUT2D eigenvalue weighted by molar-refractivity contribution is 6.02. The minimum absolute atomic E-state index is 0.0264. The lowest BCUT2D eigenvalue weighted by Crippen LogP contribution is -2.57. The van der Waals surface area contributed by atoms with Crippen LogP contribution in [-0.2, 0) is 25.7 Å². The lowest BCUT2D eigenvalue weighted by molar-refractivity contribution is -0.142. The number of benzene rings is 2. The molecule has 216 valence electrons. The van der Waals surface area contributed by atoms with Crippen molar-refractivity contribution in [3.8, 4) is 5.75 Å². The van der Waals surface area contributed by atoms with Crippen LogP contribution < -0.4 is 15.4 Å². The average Bonchev–Trinajstić information content (AvgIpc) is 3.59. The van der Waals surface area contributed by atoms with Gasteiger partial charge in [0.25, 0.3) is 0 Å². The summed E-state index contributed by atoms with van der Waals surface area (Å²) in [7, 11) is 1.60. The average molecular weight is 558 g/mol. The van der Waals surface area contributed by atoms with Gasteiger partial charge in [-0.1, -0.05) is 63.1 Å². The van der Waals surface area contributed by atoms with Crippen molar-refractivity contribution in [2.24, 2.45) is 23.7 Å². The Morgan fingerprint density at radius 3 is 2.68 bits per heavy atom. The zero-order chi connectivity index (χ0) is 28.9. The summed E-state index contributed by atoms with van der Waals surface area (Å²) in [6, 6.07) is 14.2. The van der Waals surface area contributed by atoms with Crippen molar-refractivity contribution in [2.45, 2.75) is 70.4 Å². The highest BCUT2D eigenvalue weighted by Crippen LogP contribution is 2.55. The molecule has 2 N–H and O–H groups in total. The SMILES string of the molecule is COc1cccc(CN2C(=O)C3C(C(=O)Nc4cccc(C)c4)C4C=CC3(O4)C2C(=O)NC2CCCC(C)C2C)c1. The number of methoxy groups -OCH3 is 1. The van der Waals surface area contributed by atoms with E-state index in [1.807, 2.05) is 67.6 Å². The molecule has 3 fully saturated rings. The molecule has 1 saturated carbocycles. The molecule has 1 spiro atoms. The molecule has 8 nitrogen and oxygen atoms in total. The van der Waals surface area contributed by atoms with Gasteiger partial charge < -0.3 is 25.0 Å². The summed E-state index contributed by atoms with van der Waals surface area (Å²) in [5.74, 6) is -0.777. The number of carbonyl (C=O) groups excluding carboxylic acids is 3. The van der Waals surface area contributed by atoms with Crippen LogP contribution >= 0.6 is 0 Å². The summed E-state index contributed by atoms with van der Waals surface area (Å²) in [5, 5.41) is 6.31. The van der Waals surface area contributed by atoms with E-state index in [-0.39, 0.29) is 30.3 Å². The fraction of sp³-hybridized carbons (Fsp3) is 0.485. The van der Waals surface area contributed by atoms with Crippen molar-refractivity contribution < 1.29 is 23.9 Å². The largest absolute Gasteiger partial charge is 0.497 e. The van der Waals surface area contributed by atoms with Crippen molar-refractivity contribution in [1.29, 1.82) is 0 Å².